The van der Waals surface area contributed by atoms with E-state index in [1.165, 1.54) is 11.8 Å². The minimum atomic E-state index is -0.178. The van der Waals surface area contributed by atoms with E-state index in [2.05, 4.69) is 20.2 Å². The highest BCUT2D eigenvalue weighted by molar-refractivity contribution is 7.98. The van der Waals surface area contributed by atoms with Crippen molar-refractivity contribution in [2.45, 2.75) is 31.7 Å². The lowest BCUT2D eigenvalue weighted by atomic mass is 10.2. The van der Waals surface area contributed by atoms with E-state index in [0.29, 0.717) is 39.3 Å². The molecule has 9 nitrogen and oxygen atoms in total. The Balaban J connectivity index is 1.51. The second kappa shape index (κ2) is 8.49. The first kappa shape index (κ1) is 22.3. The fourth-order valence-electron chi connectivity index (χ4n) is 4.49. The smallest absolute Gasteiger partial charge is 0.267 e. The number of imidazole rings is 1. The summed E-state index contributed by atoms with van der Waals surface area (Å²) >= 11 is 1.51. The molecule has 0 atom stereocenters. The number of benzene rings is 2. The Morgan fingerprint density at radius 1 is 1.00 bits per heavy atom. The quantitative estimate of drug-likeness (QED) is 0.328. The molecule has 0 radical (unpaired) electrons. The third kappa shape index (κ3) is 3.53. The average Bonchev–Trinajstić information content (AvgIpc) is 3.47. The summed E-state index contributed by atoms with van der Waals surface area (Å²) in [4.78, 5) is 22.9. The summed E-state index contributed by atoms with van der Waals surface area (Å²) in [5.74, 6) is 2.26. The van der Waals surface area contributed by atoms with Crippen molar-refractivity contribution in [3.8, 4) is 11.4 Å². The van der Waals surface area contributed by atoms with Crippen LogP contribution < -0.4 is 10.3 Å². The molecule has 6 rings (SSSR count). The van der Waals surface area contributed by atoms with Gasteiger partial charge in [-0.15, -0.1) is 10.2 Å². The lowest BCUT2D eigenvalue weighted by Crippen LogP contribution is -2.22. The van der Waals surface area contributed by atoms with Crippen LogP contribution in [0, 0.1) is 20.8 Å². The first-order chi connectivity index (χ1) is 17.4. The van der Waals surface area contributed by atoms with E-state index in [1.54, 1.807) is 11.7 Å². The molecule has 36 heavy (non-hydrogen) atoms. The summed E-state index contributed by atoms with van der Waals surface area (Å²) in [5.41, 5.74) is 5.10. The molecule has 0 saturated carbocycles. The monoisotopic (exact) mass is 497 g/mol. The number of aryl methyl sites for hydroxylation is 3. The van der Waals surface area contributed by atoms with E-state index >= 15 is 0 Å². The van der Waals surface area contributed by atoms with Crippen molar-refractivity contribution in [2.24, 2.45) is 0 Å². The predicted molar refractivity (Wildman–Crippen MR) is 139 cm³/mol. The summed E-state index contributed by atoms with van der Waals surface area (Å²) in [7, 11) is 1.59. The summed E-state index contributed by atoms with van der Waals surface area (Å²) in [6, 6.07) is 15.3. The normalized spacial score (nSPS) is 11.7. The van der Waals surface area contributed by atoms with Crippen LogP contribution >= 0.6 is 11.8 Å². The van der Waals surface area contributed by atoms with Crippen molar-refractivity contribution in [1.29, 1.82) is 0 Å². The average molecular weight is 498 g/mol. The second-order valence-corrected chi connectivity index (χ2v) is 9.62. The lowest BCUT2D eigenvalue weighted by molar-refractivity contribution is 0.412. The molecular weight excluding hydrogens is 474 g/mol. The third-order valence-corrected chi connectivity index (χ3v) is 7.09. The maximum Gasteiger partial charge on any atom is 0.267 e. The molecule has 10 heteroatoms. The number of rotatable bonds is 5. The number of thioether (sulfide) groups is 1. The van der Waals surface area contributed by atoms with E-state index in [0.717, 1.165) is 28.2 Å². The SMILES string of the molecule is COc1ccc(C)cc1-n1c(=O)c2ccccc2n2c(SCc3cn4c(C)cc(C)nc4n3)nnc12. The zero-order valence-electron chi connectivity index (χ0n) is 20.3. The highest BCUT2D eigenvalue weighted by Gasteiger charge is 2.20. The molecule has 0 aliphatic carbocycles. The van der Waals surface area contributed by atoms with E-state index < -0.39 is 0 Å². The van der Waals surface area contributed by atoms with Gasteiger partial charge in [0.1, 0.15) is 5.75 Å². The molecule has 0 spiro atoms. The predicted octanol–water partition coefficient (Wildman–Crippen LogP) is 4.30. The van der Waals surface area contributed by atoms with Gasteiger partial charge in [-0.2, -0.15) is 0 Å². The maximum absolute atomic E-state index is 13.7. The number of nitrogens with zero attached hydrogens (tertiary/aromatic N) is 7. The van der Waals surface area contributed by atoms with Gasteiger partial charge in [0.2, 0.25) is 11.6 Å². The highest BCUT2D eigenvalue weighted by Crippen LogP contribution is 2.29. The summed E-state index contributed by atoms with van der Waals surface area (Å²) in [6.45, 7) is 5.98. The van der Waals surface area contributed by atoms with Crippen molar-refractivity contribution in [3.05, 3.63) is 87.7 Å². The van der Waals surface area contributed by atoms with E-state index in [4.69, 9.17) is 4.74 Å². The van der Waals surface area contributed by atoms with Gasteiger partial charge in [-0.05, 0) is 56.7 Å². The Bertz CT molecular complexity index is 1850. The molecule has 0 amide bonds. The van der Waals surface area contributed by atoms with Gasteiger partial charge in [0.05, 0.1) is 29.4 Å². The van der Waals surface area contributed by atoms with Gasteiger partial charge in [-0.25, -0.2) is 14.5 Å². The van der Waals surface area contributed by atoms with Crippen LogP contribution in [0.3, 0.4) is 0 Å². The van der Waals surface area contributed by atoms with Crippen LogP contribution in [0.25, 0.3) is 28.1 Å². The van der Waals surface area contributed by atoms with Gasteiger partial charge >= 0.3 is 0 Å². The van der Waals surface area contributed by atoms with Gasteiger partial charge in [0.25, 0.3) is 5.56 Å². The standard InChI is InChI=1S/C26H23N7O2S/c1-15-9-10-22(35-4)21(11-15)32-23(34)19-7-5-6-8-20(19)33-25(32)29-30-26(33)36-14-18-13-31-17(3)12-16(2)27-24(31)28-18/h5-13H,14H2,1-4H3. The van der Waals surface area contributed by atoms with E-state index in [9.17, 15) is 4.79 Å². The minimum absolute atomic E-state index is 0.178. The van der Waals surface area contributed by atoms with Crippen molar-refractivity contribution in [3.63, 3.8) is 0 Å². The molecular formula is C26H23N7O2S. The van der Waals surface area contributed by atoms with Gasteiger partial charge in [0, 0.05) is 23.3 Å². The van der Waals surface area contributed by atoms with Crippen LogP contribution in [-0.4, -0.2) is 40.6 Å². The third-order valence-electron chi connectivity index (χ3n) is 6.13. The fourth-order valence-corrected chi connectivity index (χ4v) is 5.31. The first-order valence-corrected chi connectivity index (χ1v) is 12.4. The molecule has 0 unspecified atom stereocenters. The van der Waals surface area contributed by atoms with Crippen LogP contribution in [0.15, 0.2) is 64.7 Å². The number of hydrogen-bond donors (Lipinski definition) is 0. The molecule has 4 aromatic heterocycles. The van der Waals surface area contributed by atoms with Gasteiger partial charge in [-0.3, -0.25) is 13.6 Å². The number of aromatic nitrogens is 7. The number of methoxy groups -OCH3 is 1. The van der Waals surface area contributed by atoms with Gasteiger partial charge in [0.15, 0.2) is 5.16 Å². The second-order valence-electron chi connectivity index (χ2n) is 8.68. The zero-order valence-corrected chi connectivity index (χ0v) is 21.1. The number of para-hydroxylation sites is 1. The van der Waals surface area contributed by atoms with Crippen LogP contribution in [0.2, 0.25) is 0 Å². The molecule has 0 N–H and O–H groups in total. The van der Waals surface area contributed by atoms with E-state index in [1.807, 2.05) is 84.3 Å². The number of hydrogen-bond acceptors (Lipinski definition) is 7. The van der Waals surface area contributed by atoms with Crippen molar-refractivity contribution in [1.82, 2.24) is 33.5 Å². The molecule has 180 valence electrons. The Morgan fingerprint density at radius 3 is 2.67 bits per heavy atom. The van der Waals surface area contributed by atoms with E-state index in [-0.39, 0.29) is 5.56 Å². The molecule has 2 aromatic carbocycles. The first-order valence-electron chi connectivity index (χ1n) is 11.4. The van der Waals surface area contributed by atoms with Crippen LogP contribution in [0.4, 0.5) is 0 Å². The maximum atomic E-state index is 13.7. The van der Waals surface area contributed by atoms with Crippen LogP contribution in [0.1, 0.15) is 22.6 Å². The molecule has 4 heterocycles. The molecule has 0 aliphatic rings. The Kier molecular flexibility index (Phi) is 5.26. The Morgan fingerprint density at radius 2 is 1.83 bits per heavy atom. The van der Waals surface area contributed by atoms with Crippen molar-refractivity contribution < 1.29 is 4.74 Å². The lowest BCUT2D eigenvalue weighted by Gasteiger charge is -2.14. The Hall–Kier alpha value is -4.18. The van der Waals surface area contributed by atoms with Crippen LogP contribution in [0.5, 0.6) is 5.75 Å². The summed E-state index contributed by atoms with van der Waals surface area (Å²) in [5, 5.41) is 10.2. The fraction of sp³-hybridized carbons (Fsp3) is 0.192. The highest BCUT2D eigenvalue weighted by atomic mass is 32.2. The zero-order chi connectivity index (χ0) is 25.0. The molecule has 0 aliphatic heterocycles. The summed E-state index contributed by atoms with van der Waals surface area (Å²) < 4.78 is 11.1. The molecule has 0 saturated heterocycles. The van der Waals surface area contributed by atoms with Crippen LogP contribution in [-0.2, 0) is 5.75 Å². The van der Waals surface area contributed by atoms with Crippen molar-refractivity contribution >= 4 is 34.2 Å². The minimum Gasteiger partial charge on any atom is -0.495 e. The van der Waals surface area contributed by atoms with Gasteiger partial charge in [-0.1, -0.05) is 30.0 Å². The number of ether oxygens (including phenoxy) is 1. The topological polar surface area (TPSA) is 91.6 Å². The molecule has 0 bridgehead atoms. The molecule has 0 fully saturated rings. The van der Waals surface area contributed by atoms with Gasteiger partial charge < -0.3 is 4.74 Å². The largest absolute Gasteiger partial charge is 0.495 e. The Labute approximate surface area is 210 Å². The molecule has 6 aromatic rings. The number of fused-ring (bicyclic) bond motifs is 4. The van der Waals surface area contributed by atoms with Crippen molar-refractivity contribution in [2.75, 3.05) is 7.11 Å². The summed E-state index contributed by atoms with van der Waals surface area (Å²) in [6.07, 6.45) is 2.00.